The largest absolute Gasteiger partial charge is 0.504 e. The number of ether oxygens (including phenoxy) is 3. The lowest BCUT2D eigenvalue weighted by atomic mass is 9.79. The molecule has 0 aromatic heterocycles. The highest BCUT2D eigenvalue weighted by Gasteiger charge is 2.53. The highest BCUT2D eigenvalue weighted by molar-refractivity contribution is 5.88. The summed E-state index contributed by atoms with van der Waals surface area (Å²) in [5.41, 5.74) is -4.99. The molecule has 2 saturated carbocycles. The van der Waals surface area contributed by atoms with E-state index in [0.717, 1.165) is 30.4 Å². The number of esters is 2. The third-order valence-electron chi connectivity index (χ3n) is 9.05. The van der Waals surface area contributed by atoms with Gasteiger partial charge >= 0.3 is 23.9 Å². The Balaban J connectivity index is 1.44. The van der Waals surface area contributed by atoms with Gasteiger partial charge in [0.25, 0.3) is 0 Å². The lowest BCUT2D eigenvalue weighted by Crippen LogP contribution is -2.57. The van der Waals surface area contributed by atoms with Crippen molar-refractivity contribution in [2.45, 2.75) is 85.5 Å². The van der Waals surface area contributed by atoms with Crippen molar-refractivity contribution in [1.29, 1.82) is 0 Å². The average Bonchev–Trinajstić information content (AvgIpc) is 3.42. The third-order valence-corrected chi connectivity index (χ3v) is 9.05. The molecule has 1 heterocycles. The highest BCUT2D eigenvalue weighted by atomic mass is 16.6. The lowest BCUT2D eigenvalue weighted by Gasteiger charge is -2.39. The van der Waals surface area contributed by atoms with Gasteiger partial charge in [-0.05, 0) is 41.5 Å². The maximum Gasteiger partial charge on any atom is 0.335 e. The quantitative estimate of drug-likeness (QED) is 0.0847. The van der Waals surface area contributed by atoms with Gasteiger partial charge in [0, 0.05) is 37.3 Å². The molecule has 18 nitrogen and oxygen atoms in total. The predicted octanol–water partition coefficient (Wildman–Crippen LogP) is -1.48. The number of phenolic OH excluding ortho intramolecular Hbond substituents is 3. The van der Waals surface area contributed by atoms with Crippen LogP contribution >= 0.6 is 0 Å². The van der Waals surface area contributed by atoms with Crippen LogP contribution in [-0.4, -0.2) is 128 Å². The second-order valence-electron chi connectivity index (χ2n) is 12.6. The summed E-state index contributed by atoms with van der Waals surface area (Å²) in [6, 6.07) is 5.81. The molecule has 2 aromatic carbocycles. The van der Waals surface area contributed by atoms with Crippen molar-refractivity contribution in [3.8, 4) is 23.0 Å². The first-order valence-corrected chi connectivity index (χ1v) is 15.1. The van der Waals surface area contributed by atoms with E-state index in [0.29, 0.717) is 0 Å². The van der Waals surface area contributed by atoms with Crippen molar-refractivity contribution < 1.29 is 89.6 Å². The zero-order valence-corrected chi connectivity index (χ0v) is 25.8. The first-order valence-electron chi connectivity index (χ1n) is 15.1. The Morgan fingerprint density at radius 2 is 1.30 bits per heavy atom. The Hall–Kier alpha value is -4.98. The van der Waals surface area contributed by atoms with Crippen LogP contribution in [0.5, 0.6) is 23.0 Å². The molecule has 5 rings (SSSR count). The number of aromatic hydroxyl groups is 3. The number of aliphatic hydroxyl groups excluding tert-OH is 4. The number of fused-ring (bicyclic) bond motifs is 1. The first kappa shape index (κ1) is 36.3. The number of carbonyl (C=O) groups is 4. The minimum atomic E-state index is -2.56. The molecule has 3 aliphatic rings. The molecule has 2 fully saturated rings. The Labute approximate surface area is 281 Å². The summed E-state index contributed by atoms with van der Waals surface area (Å²) >= 11 is 0. The average molecular weight is 707 g/mol. The fraction of sp³-hybridized carbons (Fsp3) is 0.438. The second kappa shape index (κ2) is 13.4. The summed E-state index contributed by atoms with van der Waals surface area (Å²) in [6.45, 7) is 0. The van der Waals surface area contributed by atoms with E-state index in [2.05, 4.69) is 0 Å². The minimum Gasteiger partial charge on any atom is -0.504 e. The normalized spacial score (nSPS) is 33.6. The van der Waals surface area contributed by atoms with E-state index in [9.17, 15) is 75.3 Å². The van der Waals surface area contributed by atoms with Crippen molar-refractivity contribution in [3.63, 3.8) is 0 Å². The van der Waals surface area contributed by atoms with E-state index < -0.39 is 127 Å². The number of aliphatic carboxylic acids is 2. The van der Waals surface area contributed by atoms with Gasteiger partial charge in [0.2, 0.25) is 0 Å². The summed E-state index contributed by atoms with van der Waals surface area (Å²) in [5.74, 6) is -9.26. The van der Waals surface area contributed by atoms with E-state index in [4.69, 9.17) is 14.2 Å². The van der Waals surface area contributed by atoms with Crippen molar-refractivity contribution in [3.05, 3.63) is 53.1 Å². The van der Waals surface area contributed by atoms with Crippen LogP contribution in [-0.2, 0) is 28.7 Å². The van der Waals surface area contributed by atoms with Crippen LogP contribution < -0.4 is 4.74 Å². The van der Waals surface area contributed by atoms with Crippen LogP contribution in [0.1, 0.15) is 54.4 Å². The van der Waals surface area contributed by atoms with Crippen molar-refractivity contribution in [2.24, 2.45) is 0 Å². The van der Waals surface area contributed by atoms with Crippen molar-refractivity contribution in [2.75, 3.05) is 0 Å². The number of phenols is 3. The summed E-state index contributed by atoms with van der Waals surface area (Å²) in [5, 5.41) is 111. The van der Waals surface area contributed by atoms with Gasteiger partial charge in [0.15, 0.2) is 34.2 Å². The van der Waals surface area contributed by atoms with Crippen LogP contribution in [0.15, 0.2) is 36.4 Å². The monoisotopic (exact) mass is 706 g/mol. The molecule has 10 atom stereocenters. The molecule has 0 radical (unpaired) electrons. The van der Waals surface area contributed by atoms with Crippen LogP contribution in [0, 0.1) is 0 Å². The number of carboxylic acids is 2. The molecule has 0 amide bonds. The van der Waals surface area contributed by atoms with Crippen LogP contribution in [0.4, 0.5) is 0 Å². The Morgan fingerprint density at radius 1 is 0.740 bits per heavy atom. The molecule has 270 valence electrons. The molecular weight excluding hydrogens is 672 g/mol. The van der Waals surface area contributed by atoms with Gasteiger partial charge in [-0.15, -0.1) is 0 Å². The fourth-order valence-electron chi connectivity index (χ4n) is 6.35. The maximum absolute atomic E-state index is 13.8. The zero-order valence-electron chi connectivity index (χ0n) is 25.8. The number of carboxylic acid groups (broad SMARTS) is 2. The summed E-state index contributed by atoms with van der Waals surface area (Å²) in [6.07, 6.45) is -12.9. The van der Waals surface area contributed by atoms with E-state index in [1.807, 2.05) is 0 Å². The standard InChI is InChI=1S/C32H34O18/c33-15-3-2-13(7-16(15)34)26-23(28(41)49-21-11-32(47,30(44)45)9-19(37)25(21)40)14-5-12(6-17(35)27(14)50-26)1-4-22(38)48-20-10-31(46,29(42)43)8-18(36)24(20)39/h1-7,18-21,23-26,33-37,39-40,46-47H,8-11H2,(H,42,43)(H,44,45)/b4-1+/t18-,19-,20-,21-,23?,24-,25-,26?,31+,32+/m1/s1. The van der Waals surface area contributed by atoms with Gasteiger partial charge in [0.05, 0.1) is 12.2 Å². The van der Waals surface area contributed by atoms with E-state index in [1.165, 1.54) is 12.1 Å². The van der Waals surface area contributed by atoms with Gasteiger partial charge in [-0.2, -0.15) is 0 Å². The fourth-order valence-corrected chi connectivity index (χ4v) is 6.35. The molecule has 0 saturated heterocycles. The number of aliphatic hydroxyl groups is 6. The molecule has 2 unspecified atom stereocenters. The molecule has 1 aliphatic heterocycles. The van der Waals surface area contributed by atoms with Gasteiger partial charge in [-0.1, -0.05) is 6.07 Å². The third kappa shape index (κ3) is 6.89. The number of carbonyl (C=O) groups excluding carboxylic acids is 2. The highest BCUT2D eigenvalue weighted by Crippen LogP contribution is 2.52. The smallest absolute Gasteiger partial charge is 0.335 e. The Kier molecular flexibility index (Phi) is 9.72. The number of benzene rings is 2. The van der Waals surface area contributed by atoms with E-state index >= 15 is 0 Å². The van der Waals surface area contributed by atoms with Gasteiger partial charge < -0.3 is 70.4 Å². The molecule has 18 heteroatoms. The summed E-state index contributed by atoms with van der Waals surface area (Å²) in [7, 11) is 0. The molecule has 0 bridgehead atoms. The Bertz CT molecular complexity index is 1720. The molecule has 2 aromatic rings. The SMILES string of the molecule is O=C(/C=C/c1cc(O)c2c(c1)C(C(=O)O[C@@H]1C[C@](O)(C(=O)O)C[C@@H](O)[C@H]1O)C(c1ccc(O)c(O)c1)O2)O[C@@H]1C[C@](O)(C(=O)O)C[C@@H](O)[C@H]1O. The predicted molar refractivity (Wildman–Crippen MR) is 160 cm³/mol. The lowest BCUT2D eigenvalue weighted by molar-refractivity contribution is -0.199. The topological polar surface area (TPSA) is 318 Å². The van der Waals surface area contributed by atoms with Gasteiger partial charge in [0.1, 0.15) is 36.4 Å². The van der Waals surface area contributed by atoms with Crippen LogP contribution in [0.2, 0.25) is 0 Å². The molecule has 11 N–H and O–H groups in total. The van der Waals surface area contributed by atoms with Crippen LogP contribution in [0.3, 0.4) is 0 Å². The maximum atomic E-state index is 13.8. The second-order valence-corrected chi connectivity index (χ2v) is 12.6. The van der Waals surface area contributed by atoms with E-state index in [-0.39, 0.29) is 22.4 Å². The molecule has 0 spiro atoms. The molecule has 50 heavy (non-hydrogen) atoms. The van der Waals surface area contributed by atoms with Crippen molar-refractivity contribution >= 4 is 30.0 Å². The zero-order chi connectivity index (χ0) is 36.9. The summed E-state index contributed by atoms with van der Waals surface area (Å²) in [4.78, 5) is 49.6. The Morgan fingerprint density at radius 3 is 1.84 bits per heavy atom. The summed E-state index contributed by atoms with van der Waals surface area (Å²) < 4.78 is 16.4. The van der Waals surface area contributed by atoms with Crippen molar-refractivity contribution in [1.82, 2.24) is 0 Å². The first-order chi connectivity index (χ1) is 23.3. The number of rotatable bonds is 8. The van der Waals surface area contributed by atoms with Gasteiger partial charge in [-0.25, -0.2) is 14.4 Å². The molecular formula is C32H34O18. The number of hydrogen-bond donors (Lipinski definition) is 11. The molecule has 2 aliphatic carbocycles. The van der Waals surface area contributed by atoms with Crippen LogP contribution in [0.25, 0.3) is 6.08 Å². The van der Waals surface area contributed by atoms with E-state index in [1.54, 1.807) is 0 Å². The number of hydrogen-bond acceptors (Lipinski definition) is 16. The van der Waals surface area contributed by atoms with Gasteiger partial charge in [-0.3, -0.25) is 4.79 Å². The minimum absolute atomic E-state index is 0.0356.